The molecule has 0 bridgehead atoms. The van der Waals surface area contributed by atoms with Crippen LogP contribution >= 0.6 is 0 Å². The number of hydrogen-bond donors (Lipinski definition) is 2. The standard InChI is InChI=1S/C21H25N5O3/c1-16(22)24-21(28)29-15-18-5-2-4-17(12-18)13-20(27)26-10-8-25(9-11-26)19-6-3-7-23-14-19/h2-7,12,14H,8-11,13,15H2,1H3,(H2,22,24,28). The van der Waals surface area contributed by atoms with Crippen LogP contribution in [0.15, 0.2) is 48.8 Å². The second kappa shape index (κ2) is 9.68. The maximum atomic E-state index is 12.7. The van der Waals surface area contributed by atoms with Crippen LogP contribution in [0, 0.1) is 5.41 Å². The molecule has 1 aliphatic rings. The Labute approximate surface area is 170 Å². The number of amides is 2. The van der Waals surface area contributed by atoms with Crippen LogP contribution in [0.5, 0.6) is 0 Å². The predicted molar refractivity (Wildman–Crippen MR) is 110 cm³/mol. The molecule has 0 radical (unpaired) electrons. The molecular formula is C21H25N5O3. The van der Waals surface area contributed by atoms with Crippen LogP contribution in [0.4, 0.5) is 10.5 Å². The van der Waals surface area contributed by atoms with Gasteiger partial charge in [-0.1, -0.05) is 24.3 Å². The van der Waals surface area contributed by atoms with E-state index in [1.165, 1.54) is 6.92 Å². The smallest absolute Gasteiger partial charge is 0.412 e. The Balaban J connectivity index is 1.49. The molecule has 8 heteroatoms. The third-order valence-electron chi connectivity index (χ3n) is 4.65. The lowest BCUT2D eigenvalue weighted by molar-refractivity contribution is -0.130. The zero-order valence-corrected chi connectivity index (χ0v) is 16.4. The van der Waals surface area contributed by atoms with Crippen molar-refractivity contribution in [1.29, 1.82) is 5.41 Å². The number of ether oxygens (including phenoxy) is 1. The largest absolute Gasteiger partial charge is 0.444 e. The Hall–Kier alpha value is -3.42. The van der Waals surface area contributed by atoms with E-state index in [4.69, 9.17) is 10.1 Å². The molecule has 3 rings (SSSR count). The monoisotopic (exact) mass is 395 g/mol. The van der Waals surface area contributed by atoms with Crippen LogP contribution in [0.1, 0.15) is 18.1 Å². The highest BCUT2D eigenvalue weighted by Gasteiger charge is 2.21. The van der Waals surface area contributed by atoms with Crippen molar-refractivity contribution in [3.8, 4) is 0 Å². The van der Waals surface area contributed by atoms with Crippen molar-refractivity contribution in [2.24, 2.45) is 0 Å². The van der Waals surface area contributed by atoms with Gasteiger partial charge in [-0.15, -0.1) is 0 Å². The molecule has 0 saturated carbocycles. The molecule has 2 heterocycles. The summed E-state index contributed by atoms with van der Waals surface area (Å²) in [5, 5.41) is 9.49. The average Bonchev–Trinajstić information content (AvgIpc) is 2.73. The summed E-state index contributed by atoms with van der Waals surface area (Å²) in [7, 11) is 0. The molecule has 1 aliphatic heterocycles. The normalized spacial score (nSPS) is 13.7. The molecule has 29 heavy (non-hydrogen) atoms. The summed E-state index contributed by atoms with van der Waals surface area (Å²) in [5.41, 5.74) is 2.76. The molecule has 0 unspecified atom stereocenters. The number of nitrogens with one attached hydrogen (secondary N) is 2. The first-order chi connectivity index (χ1) is 14.0. The van der Waals surface area contributed by atoms with Gasteiger partial charge < -0.3 is 14.5 Å². The zero-order valence-electron chi connectivity index (χ0n) is 16.4. The highest BCUT2D eigenvalue weighted by molar-refractivity contribution is 5.91. The molecule has 1 saturated heterocycles. The molecule has 152 valence electrons. The molecule has 8 nitrogen and oxygen atoms in total. The number of rotatable bonds is 5. The Morgan fingerprint density at radius 3 is 2.59 bits per heavy atom. The Morgan fingerprint density at radius 1 is 1.14 bits per heavy atom. The number of pyridine rings is 1. The summed E-state index contributed by atoms with van der Waals surface area (Å²) in [5.74, 6) is 0.115. The van der Waals surface area contributed by atoms with Crippen LogP contribution in [-0.2, 0) is 22.6 Å². The quantitative estimate of drug-likeness (QED) is 0.597. The van der Waals surface area contributed by atoms with Gasteiger partial charge in [-0.25, -0.2) is 4.79 Å². The molecule has 1 fully saturated rings. The lowest BCUT2D eigenvalue weighted by Gasteiger charge is -2.36. The van der Waals surface area contributed by atoms with E-state index in [0.717, 1.165) is 29.9 Å². The van der Waals surface area contributed by atoms with Gasteiger partial charge in [0.05, 0.1) is 24.1 Å². The fraction of sp³-hybridized carbons (Fsp3) is 0.333. The molecule has 0 spiro atoms. The molecule has 2 N–H and O–H groups in total. The van der Waals surface area contributed by atoms with Gasteiger partial charge in [-0.3, -0.25) is 20.5 Å². The van der Waals surface area contributed by atoms with Crippen molar-refractivity contribution >= 4 is 23.5 Å². The minimum Gasteiger partial charge on any atom is -0.444 e. The average molecular weight is 395 g/mol. The first-order valence-corrected chi connectivity index (χ1v) is 9.51. The van der Waals surface area contributed by atoms with Crippen molar-refractivity contribution in [1.82, 2.24) is 15.2 Å². The predicted octanol–water partition coefficient (Wildman–Crippen LogP) is 2.20. The van der Waals surface area contributed by atoms with Crippen molar-refractivity contribution < 1.29 is 14.3 Å². The van der Waals surface area contributed by atoms with Gasteiger partial charge in [0.15, 0.2) is 0 Å². The fourth-order valence-corrected chi connectivity index (χ4v) is 3.21. The lowest BCUT2D eigenvalue weighted by atomic mass is 10.1. The van der Waals surface area contributed by atoms with E-state index in [2.05, 4.69) is 15.2 Å². The topological polar surface area (TPSA) is 98.6 Å². The summed E-state index contributed by atoms with van der Waals surface area (Å²) in [6, 6.07) is 11.4. The number of anilines is 1. The van der Waals surface area contributed by atoms with Gasteiger partial charge in [0.2, 0.25) is 5.91 Å². The summed E-state index contributed by atoms with van der Waals surface area (Å²) in [6.07, 6.45) is 3.25. The van der Waals surface area contributed by atoms with E-state index in [1.807, 2.05) is 47.5 Å². The van der Waals surface area contributed by atoms with E-state index < -0.39 is 6.09 Å². The van der Waals surface area contributed by atoms with E-state index in [-0.39, 0.29) is 18.3 Å². The van der Waals surface area contributed by atoms with Gasteiger partial charge in [-0.05, 0) is 30.2 Å². The Bertz CT molecular complexity index is 864. The number of alkyl carbamates (subject to hydrolysis) is 1. The Kier molecular flexibility index (Phi) is 6.78. The highest BCUT2D eigenvalue weighted by Crippen LogP contribution is 2.15. The van der Waals surface area contributed by atoms with Gasteiger partial charge in [0, 0.05) is 32.4 Å². The first-order valence-electron chi connectivity index (χ1n) is 9.51. The van der Waals surface area contributed by atoms with Crippen molar-refractivity contribution in [3.05, 3.63) is 59.9 Å². The molecule has 2 amide bonds. The summed E-state index contributed by atoms with van der Waals surface area (Å²) in [6.45, 7) is 4.48. The summed E-state index contributed by atoms with van der Waals surface area (Å²) in [4.78, 5) is 32.4. The number of amidine groups is 1. The molecule has 0 aliphatic carbocycles. The van der Waals surface area contributed by atoms with Gasteiger partial charge in [0.1, 0.15) is 6.61 Å². The van der Waals surface area contributed by atoms with Crippen LogP contribution in [-0.4, -0.2) is 53.9 Å². The van der Waals surface area contributed by atoms with Crippen LogP contribution in [0.3, 0.4) is 0 Å². The first kappa shape index (κ1) is 20.3. The zero-order chi connectivity index (χ0) is 20.6. The van der Waals surface area contributed by atoms with Crippen LogP contribution in [0.2, 0.25) is 0 Å². The van der Waals surface area contributed by atoms with Crippen molar-refractivity contribution in [3.63, 3.8) is 0 Å². The minimum absolute atomic E-state index is 0.0259. The van der Waals surface area contributed by atoms with E-state index in [0.29, 0.717) is 19.5 Å². The SMILES string of the molecule is CC(=N)NC(=O)OCc1cccc(CC(=O)N2CCN(c3cccnc3)CC2)c1. The Morgan fingerprint density at radius 2 is 1.90 bits per heavy atom. The van der Waals surface area contributed by atoms with Crippen LogP contribution < -0.4 is 10.2 Å². The molecular weight excluding hydrogens is 370 g/mol. The number of aromatic nitrogens is 1. The number of carbonyl (C=O) groups excluding carboxylic acids is 2. The molecule has 1 aromatic carbocycles. The third kappa shape index (κ3) is 6.03. The van der Waals surface area contributed by atoms with Gasteiger partial charge >= 0.3 is 6.09 Å². The second-order valence-electron chi connectivity index (χ2n) is 6.90. The van der Waals surface area contributed by atoms with Crippen molar-refractivity contribution in [2.75, 3.05) is 31.1 Å². The van der Waals surface area contributed by atoms with E-state index in [1.54, 1.807) is 6.20 Å². The summed E-state index contributed by atoms with van der Waals surface area (Å²) < 4.78 is 5.07. The van der Waals surface area contributed by atoms with Crippen LogP contribution in [0.25, 0.3) is 0 Å². The van der Waals surface area contributed by atoms with Gasteiger partial charge in [0.25, 0.3) is 0 Å². The number of benzene rings is 1. The maximum absolute atomic E-state index is 12.7. The molecule has 1 aromatic heterocycles. The van der Waals surface area contributed by atoms with E-state index in [9.17, 15) is 9.59 Å². The fourth-order valence-electron chi connectivity index (χ4n) is 3.21. The highest BCUT2D eigenvalue weighted by atomic mass is 16.5. The number of hydrogen-bond acceptors (Lipinski definition) is 6. The number of nitrogens with zero attached hydrogens (tertiary/aromatic N) is 3. The minimum atomic E-state index is -0.662. The molecule has 0 atom stereocenters. The second-order valence-corrected chi connectivity index (χ2v) is 6.90. The van der Waals surface area contributed by atoms with Crippen molar-refractivity contribution in [2.45, 2.75) is 20.0 Å². The maximum Gasteiger partial charge on any atom is 0.412 e. The molecule has 2 aromatic rings. The van der Waals surface area contributed by atoms with Gasteiger partial charge in [-0.2, -0.15) is 0 Å². The lowest BCUT2D eigenvalue weighted by Crippen LogP contribution is -2.49. The summed E-state index contributed by atoms with van der Waals surface area (Å²) >= 11 is 0. The number of piperazine rings is 1. The number of carbonyl (C=O) groups is 2. The van der Waals surface area contributed by atoms with E-state index >= 15 is 0 Å². The third-order valence-corrected chi connectivity index (χ3v) is 4.65.